The first kappa shape index (κ1) is 20.9. The summed E-state index contributed by atoms with van der Waals surface area (Å²) in [5.74, 6) is 0.619. The second kappa shape index (κ2) is 9.17. The molecule has 1 aromatic rings. The predicted octanol–water partition coefficient (Wildman–Crippen LogP) is 3.42. The van der Waals surface area contributed by atoms with Crippen molar-refractivity contribution < 1.29 is 9.59 Å². The smallest absolute Gasteiger partial charge is 0.263 e. The topological polar surface area (TPSA) is 43.9 Å². The lowest BCUT2D eigenvalue weighted by molar-refractivity contribution is -0.137. The third-order valence-electron chi connectivity index (χ3n) is 6.89. The van der Waals surface area contributed by atoms with E-state index < -0.39 is 0 Å². The van der Waals surface area contributed by atoms with E-state index in [2.05, 4.69) is 29.7 Å². The van der Waals surface area contributed by atoms with Crippen molar-refractivity contribution in [3.05, 3.63) is 21.4 Å². The van der Waals surface area contributed by atoms with E-state index in [0.717, 1.165) is 76.2 Å². The molecule has 0 aromatic carbocycles. The molecular weight excluding hydrogens is 382 g/mol. The summed E-state index contributed by atoms with van der Waals surface area (Å²) in [6, 6.07) is 2.65. The van der Waals surface area contributed by atoms with Crippen molar-refractivity contribution in [2.45, 2.75) is 64.8 Å². The third kappa shape index (κ3) is 4.69. The number of carbonyl (C=O) groups is 2. The van der Waals surface area contributed by atoms with Gasteiger partial charge in [0.2, 0.25) is 5.91 Å². The Labute approximate surface area is 179 Å². The lowest BCUT2D eigenvalue weighted by atomic mass is 9.87. The van der Waals surface area contributed by atoms with Gasteiger partial charge >= 0.3 is 0 Å². The second-order valence-electron chi connectivity index (χ2n) is 9.16. The number of fused-ring (bicyclic) bond motifs is 1. The molecule has 5 nitrogen and oxygen atoms in total. The van der Waals surface area contributed by atoms with Gasteiger partial charge in [0.05, 0.1) is 4.88 Å². The number of amides is 2. The van der Waals surface area contributed by atoms with Gasteiger partial charge in [0.15, 0.2) is 0 Å². The average molecular weight is 418 g/mol. The molecule has 2 amide bonds. The summed E-state index contributed by atoms with van der Waals surface area (Å²) in [6.45, 7) is 9.90. The first-order valence-corrected chi connectivity index (χ1v) is 12.3. The molecule has 160 valence electrons. The molecule has 2 aliphatic heterocycles. The lowest BCUT2D eigenvalue weighted by Gasteiger charge is -2.38. The molecule has 3 heterocycles. The van der Waals surface area contributed by atoms with Crippen molar-refractivity contribution >= 4 is 23.2 Å². The average Bonchev–Trinajstić information content (AvgIpc) is 2.97. The Kier molecular flexibility index (Phi) is 6.60. The maximum atomic E-state index is 13.1. The number of rotatable bonds is 3. The van der Waals surface area contributed by atoms with Crippen LogP contribution in [0.3, 0.4) is 0 Å². The van der Waals surface area contributed by atoms with Crippen LogP contribution in [0.5, 0.6) is 0 Å². The van der Waals surface area contributed by atoms with Crippen LogP contribution >= 0.6 is 11.3 Å². The van der Waals surface area contributed by atoms with Gasteiger partial charge in [-0.1, -0.05) is 12.8 Å². The lowest BCUT2D eigenvalue weighted by Crippen LogP contribution is -2.52. The first-order chi connectivity index (χ1) is 14.0. The van der Waals surface area contributed by atoms with E-state index in [9.17, 15) is 9.59 Å². The highest BCUT2D eigenvalue weighted by atomic mass is 32.1. The van der Waals surface area contributed by atoms with Crippen LogP contribution in [-0.2, 0) is 17.6 Å². The summed E-state index contributed by atoms with van der Waals surface area (Å²) in [4.78, 5) is 34.9. The number of piperazine rings is 1. The summed E-state index contributed by atoms with van der Waals surface area (Å²) in [5, 5.41) is 0. The van der Waals surface area contributed by atoms with Gasteiger partial charge in [-0.15, -0.1) is 11.3 Å². The van der Waals surface area contributed by atoms with Gasteiger partial charge in [-0.05, 0) is 57.6 Å². The molecular formula is C23H35N3O2S. The number of thiophene rings is 1. The molecule has 1 aliphatic carbocycles. The highest BCUT2D eigenvalue weighted by Crippen LogP contribution is 2.34. The standard InChI is InChI=1S/C23H35N3O2S/c1-17(2)24-11-13-26(14-12-24)22(27)18-7-8-20-19(15-18)16-21(29-20)23(28)25-9-5-3-4-6-10-25/h16-18H,3-15H2,1-2H3/t18-/m1/s1. The van der Waals surface area contributed by atoms with Crippen LogP contribution in [0.4, 0.5) is 0 Å². The van der Waals surface area contributed by atoms with Crippen molar-refractivity contribution in [3.8, 4) is 0 Å². The van der Waals surface area contributed by atoms with Crippen molar-refractivity contribution in [1.29, 1.82) is 0 Å². The van der Waals surface area contributed by atoms with E-state index in [4.69, 9.17) is 0 Å². The van der Waals surface area contributed by atoms with Crippen molar-refractivity contribution in [1.82, 2.24) is 14.7 Å². The zero-order chi connectivity index (χ0) is 20.4. The van der Waals surface area contributed by atoms with Crippen LogP contribution in [0.1, 0.15) is 66.1 Å². The van der Waals surface area contributed by atoms with Gasteiger partial charge in [0, 0.05) is 56.1 Å². The van der Waals surface area contributed by atoms with Crippen LogP contribution in [-0.4, -0.2) is 71.8 Å². The van der Waals surface area contributed by atoms with Gasteiger partial charge in [-0.2, -0.15) is 0 Å². The van der Waals surface area contributed by atoms with E-state index in [-0.39, 0.29) is 11.8 Å². The number of nitrogens with zero attached hydrogens (tertiary/aromatic N) is 3. The third-order valence-corrected chi connectivity index (χ3v) is 8.12. The highest BCUT2D eigenvalue weighted by Gasteiger charge is 2.32. The summed E-state index contributed by atoms with van der Waals surface area (Å²) in [7, 11) is 0. The first-order valence-electron chi connectivity index (χ1n) is 11.5. The SMILES string of the molecule is CC(C)N1CCN(C(=O)[C@@H]2CCc3sc(C(=O)N4CCCCCC4)cc3C2)CC1. The zero-order valence-electron chi connectivity index (χ0n) is 18.0. The molecule has 2 fully saturated rings. The van der Waals surface area contributed by atoms with E-state index in [0.29, 0.717) is 11.9 Å². The van der Waals surface area contributed by atoms with Crippen LogP contribution in [0, 0.1) is 5.92 Å². The number of carbonyl (C=O) groups excluding carboxylic acids is 2. The predicted molar refractivity (Wildman–Crippen MR) is 117 cm³/mol. The Balaban J connectivity index is 1.37. The van der Waals surface area contributed by atoms with Crippen molar-refractivity contribution in [3.63, 3.8) is 0 Å². The molecule has 4 rings (SSSR count). The molecule has 1 aromatic heterocycles. The molecule has 0 radical (unpaired) electrons. The minimum atomic E-state index is 0.0869. The monoisotopic (exact) mass is 417 g/mol. The van der Waals surface area contributed by atoms with E-state index in [1.165, 1.54) is 23.3 Å². The van der Waals surface area contributed by atoms with E-state index in [1.54, 1.807) is 11.3 Å². The molecule has 2 saturated heterocycles. The van der Waals surface area contributed by atoms with Crippen LogP contribution < -0.4 is 0 Å². The molecule has 1 atom stereocenters. The molecule has 0 bridgehead atoms. The molecule has 0 N–H and O–H groups in total. The van der Waals surface area contributed by atoms with Gasteiger partial charge in [-0.25, -0.2) is 0 Å². The molecule has 6 heteroatoms. The van der Waals surface area contributed by atoms with E-state index >= 15 is 0 Å². The minimum Gasteiger partial charge on any atom is -0.340 e. The largest absolute Gasteiger partial charge is 0.340 e. The quantitative estimate of drug-likeness (QED) is 0.757. The highest BCUT2D eigenvalue weighted by molar-refractivity contribution is 7.14. The van der Waals surface area contributed by atoms with Crippen LogP contribution in [0.25, 0.3) is 0 Å². The van der Waals surface area contributed by atoms with Gasteiger partial charge in [0.25, 0.3) is 5.91 Å². The fourth-order valence-corrected chi connectivity index (χ4v) is 6.16. The van der Waals surface area contributed by atoms with Crippen LogP contribution in [0.15, 0.2) is 6.07 Å². The molecule has 0 unspecified atom stereocenters. The number of hydrogen-bond donors (Lipinski definition) is 0. The second-order valence-corrected chi connectivity index (χ2v) is 10.3. The Morgan fingerprint density at radius 1 is 0.966 bits per heavy atom. The molecule has 0 spiro atoms. The minimum absolute atomic E-state index is 0.0869. The Bertz CT molecular complexity index is 728. The normalized spacial score (nSPS) is 23.8. The Morgan fingerprint density at radius 2 is 1.66 bits per heavy atom. The summed E-state index contributed by atoms with van der Waals surface area (Å²) in [6.07, 6.45) is 7.39. The van der Waals surface area contributed by atoms with Gasteiger partial charge < -0.3 is 9.80 Å². The molecule has 29 heavy (non-hydrogen) atoms. The summed E-state index contributed by atoms with van der Waals surface area (Å²) >= 11 is 1.67. The maximum absolute atomic E-state index is 13.1. The number of likely N-dealkylation sites (tertiary alicyclic amines) is 1. The van der Waals surface area contributed by atoms with Gasteiger partial charge in [0.1, 0.15) is 0 Å². The Morgan fingerprint density at radius 3 is 2.31 bits per heavy atom. The number of hydrogen-bond acceptors (Lipinski definition) is 4. The van der Waals surface area contributed by atoms with Gasteiger partial charge in [-0.3, -0.25) is 14.5 Å². The molecule has 3 aliphatic rings. The van der Waals surface area contributed by atoms with E-state index in [1.807, 2.05) is 4.90 Å². The molecule has 0 saturated carbocycles. The maximum Gasteiger partial charge on any atom is 0.263 e. The summed E-state index contributed by atoms with van der Waals surface area (Å²) < 4.78 is 0. The Hall–Kier alpha value is -1.40. The fraction of sp³-hybridized carbons (Fsp3) is 0.739. The van der Waals surface area contributed by atoms with Crippen LogP contribution in [0.2, 0.25) is 0 Å². The zero-order valence-corrected chi connectivity index (χ0v) is 18.8. The van der Waals surface area contributed by atoms with Crippen molar-refractivity contribution in [2.75, 3.05) is 39.3 Å². The fourth-order valence-electron chi connectivity index (χ4n) is 4.99. The summed E-state index contributed by atoms with van der Waals surface area (Å²) in [5.41, 5.74) is 1.25. The number of aryl methyl sites for hydroxylation is 1. The van der Waals surface area contributed by atoms with Crippen molar-refractivity contribution in [2.24, 2.45) is 5.92 Å².